The number of hydrogen-bond acceptors (Lipinski definition) is 3. The van der Waals surface area contributed by atoms with E-state index in [-0.39, 0.29) is 11.9 Å². The van der Waals surface area contributed by atoms with E-state index in [4.69, 9.17) is 4.74 Å². The zero-order chi connectivity index (χ0) is 15.2. The Hall–Kier alpha value is -1.74. The van der Waals surface area contributed by atoms with E-state index in [9.17, 15) is 4.79 Å². The first kappa shape index (κ1) is 15.6. The molecule has 2 aromatic rings. The summed E-state index contributed by atoms with van der Waals surface area (Å²) in [6, 6.07) is 16.2. The van der Waals surface area contributed by atoms with Crippen LogP contribution in [0.25, 0.3) is 0 Å². The monoisotopic (exact) mass is 300 g/mol. The average molecular weight is 300 g/mol. The molecular weight excluding hydrogens is 280 g/mol. The molecule has 0 aliphatic carbocycles. The Labute approximate surface area is 130 Å². The summed E-state index contributed by atoms with van der Waals surface area (Å²) in [6.45, 7) is 4.18. The van der Waals surface area contributed by atoms with Crippen molar-refractivity contribution in [3.8, 4) is 0 Å². The number of carbonyl (C=O) groups excluding carboxylic acids is 1. The summed E-state index contributed by atoms with van der Waals surface area (Å²) in [5.41, 5.74) is 3.47. The predicted molar refractivity (Wildman–Crippen MR) is 87.8 cm³/mol. The van der Waals surface area contributed by atoms with Crippen LogP contribution in [0.1, 0.15) is 22.6 Å². The van der Waals surface area contributed by atoms with E-state index in [0.29, 0.717) is 5.75 Å². The molecule has 0 radical (unpaired) electrons. The minimum Gasteiger partial charge on any atom is -0.469 e. The normalized spacial score (nSPS) is 12.0. The van der Waals surface area contributed by atoms with Gasteiger partial charge in [0.05, 0.1) is 13.0 Å². The van der Waals surface area contributed by atoms with Crippen molar-refractivity contribution < 1.29 is 9.53 Å². The van der Waals surface area contributed by atoms with Gasteiger partial charge in [0.25, 0.3) is 0 Å². The largest absolute Gasteiger partial charge is 0.469 e. The number of hydrogen-bond donors (Lipinski definition) is 0. The Morgan fingerprint density at radius 1 is 1.14 bits per heavy atom. The Morgan fingerprint density at radius 2 is 1.86 bits per heavy atom. The lowest BCUT2D eigenvalue weighted by Gasteiger charge is -2.15. The van der Waals surface area contributed by atoms with Gasteiger partial charge in [-0.25, -0.2) is 0 Å². The average Bonchev–Trinajstić information content (AvgIpc) is 2.51. The number of rotatable bonds is 5. The van der Waals surface area contributed by atoms with Crippen molar-refractivity contribution in [2.24, 2.45) is 0 Å². The van der Waals surface area contributed by atoms with Gasteiger partial charge in [0.1, 0.15) is 0 Å². The van der Waals surface area contributed by atoms with Gasteiger partial charge in [0.2, 0.25) is 0 Å². The van der Waals surface area contributed by atoms with Crippen molar-refractivity contribution in [1.82, 2.24) is 0 Å². The zero-order valence-corrected chi connectivity index (χ0v) is 13.4. The number of ether oxygens (including phenoxy) is 1. The Kier molecular flexibility index (Phi) is 5.45. The molecule has 0 amide bonds. The highest BCUT2D eigenvalue weighted by Crippen LogP contribution is 2.29. The molecule has 0 saturated heterocycles. The molecule has 2 aromatic carbocycles. The summed E-state index contributed by atoms with van der Waals surface area (Å²) in [5, 5.41) is 0. The van der Waals surface area contributed by atoms with Crippen LogP contribution in [0.2, 0.25) is 0 Å². The third kappa shape index (κ3) is 4.11. The molecular formula is C18H20O2S. The van der Waals surface area contributed by atoms with Crippen molar-refractivity contribution in [2.75, 3.05) is 12.9 Å². The number of benzene rings is 2. The van der Waals surface area contributed by atoms with Crippen molar-refractivity contribution in [3.05, 3.63) is 65.2 Å². The van der Waals surface area contributed by atoms with Crippen LogP contribution in [0, 0.1) is 13.8 Å². The maximum absolute atomic E-state index is 12.0. The Bertz CT molecular complexity index is 608. The maximum Gasteiger partial charge on any atom is 0.313 e. The third-order valence-electron chi connectivity index (χ3n) is 3.44. The van der Waals surface area contributed by atoms with Gasteiger partial charge in [-0.05, 0) is 31.0 Å². The fraction of sp³-hybridized carbons (Fsp3) is 0.278. The highest BCUT2D eigenvalue weighted by Gasteiger charge is 2.21. The number of aryl methyl sites for hydroxylation is 2. The van der Waals surface area contributed by atoms with Crippen LogP contribution in [-0.4, -0.2) is 18.8 Å². The number of methoxy groups -OCH3 is 1. The van der Waals surface area contributed by atoms with Crippen LogP contribution in [0.3, 0.4) is 0 Å². The molecule has 0 aliphatic heterocycles. The number of carbonyl (C=O) groups is 1. The zero-order valence-electron chi connectivity index (χ0n) is 12.6. The molecule has 0 fully saturated rings. The molecule has 1 unspecified atom stereocenters. The van der Waals surface area contributed by atoms with Crippen LogP contribution in [0.5, 0.6) is 0 Å². The van der Waals surface area contributed by atoms with E-state index >= 15 is 0 Å². The fourth-order valence-corrected chi connectivity index (χ4v) is 3.40. The molecule has 0 saturated carbocycles. The quantitative estimate of drug-likeness (QED) is 0.606. The number of thioether (sulfide) groups is 1. The van der Waals surface area contributed by atoms with Crippen LogP contribution >= 0.6 is 11.8 Å². The van der Waals surface area contributed by atoms with E-state index in [1.807, 2.05) is 30.3 Å². The van der Waals surface area contributed by atoms with E-state index in [2.05, 4.69) is 32.0 Å². The molecule has 1 atom stereocenters. The van der Waals surface area contributed by atoms with Crippen LogP contribution in [0.4, 0.5) is 0 Å². The van der Waals surface area contributed by atoms with E-state index in [1.54, 1.807) is 11.8 Å². The summed E-state index contributed by atoms with van der Waals surface area (Å²) < 4.78 is 4.96. The molecule has 110 valence electrons. The fourth-order valence-electron chi connectivity index (χ4n) is 2.16. The first-order valence-corrected chi connectivity index (χ1v) is 7.93. The van der Waals surface area contributed by atoms with Gasteiger partial charge in [0, 0.05) is 10.6 Å². The molecule has 2 rings (SSSR count). The van der Waals surface area contributed by atoms with Gasteiger partial charge in [-0.2, -0.15) is 0 Å². The smallest absolute Gasteiger partial charge is 0.313 e. The minimum atomic E-state index is -0.235. The lowest BCUT2D eigenvalue weighted by Crippen LogP contribution is -2.16. The highest BCUT2D eigenvalue weighted by molar-refractivity contribution is 7.99. The van der Waals surface area contributed by atoms with Gasteiger partial charge >= 0.3 is 5.97 Å². The highest BCUT2D eigenvalue weighted by atomic mass is 32.2. The summed E-state index contributed by atoms with van der Waals surface area (Å²) in [6.07, 6.45) is 0. The van der Waals surface area contributed by atoms with Crippen molar-refractivity contribution >= 4 is 17.7 Å². The first-order valence-electron chi connectivity index (χ1n) is 6.94. The van der Waals surface area contributed by atoms with E-state index < -0.39 is 0 Å². The van der Waals surface area contributed by atoms with Gasteiger partial charge in [0.15, 0.2) is 0 Å². The molecule has 2 nitrogen and oxygen atoms in total. The van der Waals surface area contributed by atoms with E-state index in [1.165, 1.54) is 23.1 Å². The maximum atomic E-state index is 12.0. The molecule has 0 bridgehead atoms. The van der Waals surface area contributed by atoms with Crippen LogP contribution in [0.15, 0.2) is 53.4 Å². The summed E-state index contributed by atoms with van der Waals surface area (Å²) in [5.74, 6) is 0.265. The van der Waals surface area contributed by atoms with Crippen LogP contribution < -0.4 is 0 Å². The lowest BCUT2D eigenvalue weighted by molar-refractivity contribution is -0.141. The molecule has 3 heteroatoms. The third-order valence-corrected chi connectivity index (χ3v) is 4.69. The molecule has 0 aliphatic rings. The SMILES string of the molecule is COC(=O)C(CSc1cc(C)ccc1C)c1ccccc1. The van der Waals surface area contributed by atoms with Crippen molar-refractivity contribution in [1.29, 1.82) is 0 Å². The molecule has 21 heavy (non-hydrogen) atoms. The second kappa shape index (κ2) is 7.32. The van der Waals surface area contributed by atoms with Crippen molar-refractivity contribution in [3.63, 3.8) is 0 Å². The van der Waals surface area contributed by atoms with Gasteiger partial charge in [-0.1, -0.05) is 48.0 Å². The Morgan fingerprint density at radius 3 is 2.52 bits per heavy atom. The van der Waals surface area contributed by atoms with Crippen LogP contribution in [-0.2, 0) is 9.53 Å². The van der Waals surface area contributed by atoms with Gasteiger partial charge in [-0.15, -0.1) is 11.8 Å². The second-order valence-electron chi connectivity index (χ2n) is 5.07. The lowest BCUT2D eigenvalue weighted by atomic mass is 10.0. The summed E-state index contributed by atoms with van der Waals surface area (Å²) in [7, 11) is 1.45. The second-order valence-corrected chi connectivity index (χ2v) is 6.13. The van der Waals surface area contributed by atoms with E-state index in [0.717, 1.165) is 5.56 Å². The molecule has 0 heterocycles. The van der Waals surface area contributed by atoms with Crippen molar-refractivity contribution in [2.45, 2.75) is 24.7 Å². The van der Waals surface area contributed by atoms with Gasteiger partial charge in [-0.3, -0.25) is 4.79 Å². The van der Waals surface area contributed by atoms with Gasteiger partial charge < -0.3 is 4.74 Å². The first-order chi connectivity index (χ1) is 10.1. The topological polar surface area (TPSA) is 26.3 Å². The summed E-state index contributed by atoms with van der Waals surface area (Å²) >= 11 is 1.71. The Balaban J connectivity index is 2.16. The number of esters is 1. The standard InChI is InChI=1S/C18H20O2S/c1-13-9-10-14(2)17(11-13)21-12-16(18(19)20-3)15-7-5-4-6-8-15/h4-11,16H,12H2,1-3H3. The minimum absolute atomic E-state index is 0.181. The molecule has 0 N–H and O–H groups in total. The molecule has 0 aromatic heterocycles. The summed E-state index contributed by atoms with van der Waals surface area (Å²) in [4.78, 5) is 13.3. The predicted octanol–water partition coefficient (Wildman–Crippen LogP) is 4.35. The molecule has 0 spiro atoms.